The van der Waals surface area contributed by atoms with Crippen LogP contribution >= 0.6 is 0 Å². The molecule has 0 aliphatic carbocycles. The topological polar surface area (TPSA) is 160 Å². The molecule has 0 radical (unpaired) electrons. The van der Waals surface area contributed by atoms with Crippen LogP contribution in [-0.2, 0) is 27.1 Å². The molecule has 13 nitrogen and oxygen atoms in total. The molecule has 2 N–H and O–H groups in total. The number of nitrogens with zero attached hydrogens (tertiary/aromatic N) is 5. The van der Waals surface area contributed by atoms with Crippen LogP contribution < -0.4 is 19.5 Å². The fourth-order valence-corrected chi connectivity index (χ4v) is 7.26. The number of fused-ring (bicyclic) bond motifs is 2. The maximum absolute atomic E-state index is 14.1. The number of hydrogen-bond donors (Lipinski definition) is 2. The molecule has 50 heavy (non-hydrogen) atoms. The highest BCUT2D eigenvalue weighted by Crippen LogP contribution is 2.36. The van der Waals surface area contributed by atoms with E-state index in [1.165, 1.54) is 16.4 Å². The number of hydrogen-bond acceptors (Lipinski definition) is 12. The van der Waals surface area contributed by atoms with Crippen LogP contribution in [0.3, 0.4) is 0 Å². The van der Waals surface area contributed by atoms with Crippen LogP contribution in [0.25, 0.3) is 33.1 Å². The molecule has 6 aromatic rings. The number of aromatic nitrogens is 5. The normalized spacial score (nSPS) is 14.9. The van der Waals surface area contributed by atoms with Crippen molar-refractivity contribution >= 4 is 37.9 Å². The number of aliphatic hydroxyl groups excluding tert-OH is 1. The van der Waals surface area contributed by atoms with Crippen molar-refractivity contribution in [3.05, 3.63) is 96.7 Å². The molecule has 0 saturated carbocycles. The van der Waals surface area contributed by atoms with Gasteiger partial charge in [0.05, 0.1) is 54.2 Å². The van der Waals surface area contributed by atoms with Gasteiger partial charge in [0.25, 0.3) is 0 Å². The molecule has 0 amide bonds. The highest BCUT2D eigenvalue weighted by atomic mass is 32.2. The zero-order chi connectivity index (χ0) is 34.5. The lowest BCUT2D eigenvalue weighted by Gasteiger charge is -2.23. The van der Waals surface area contributed by atoms with Gasteiger partial charge in [0.15, 0.2) is 11.9 Å². The Bertz CT molecular complexity index is 2220. The quantitative estimate of drug-likeness (QED) is 0.160. The Hall–Kier alpha value is -5.31. The van der Waals surface area contributed by atoms with E-state index in [1.54, 1.807) is 49.8 Å². The molecule has 1 saturated heterocycles. The number of pyridine rings is 2. The Labute approximate surface area is 288 Å². The zero-order valence-electron chi connectivity index (χ0n) is 27.4. The van der Waals surface area contributed by atoms with Gasteiger partial charge in [-0.05, 0) is 42.2 Å². The van der Waals surface area contributed by atoms with Crippen molar-refractivity contribution in [1.29, 1.82) is 0 Å². The first-order valence-electron chi connectivity index (χ1n) is 16.3. The largest absolute Gasteiger partial charge is 0.489 e. The molecule has 14 heteroatoms. The van der Waals surface area contributed by atoms with Crippen LogP contribution in [0.4, 0.5) is 5.95 Å². The summed E-state index contributed by atoms with van der Waals surface area (Å²) in [5.74, 6) is 1.41. The number of rotatable bonds is 13. The zero-order valence-corrected chi connectivity index (χ0v) is 28.2. The van der Waals surface area contributed by atoms with E-state index >= 15 is 0 Å². The lowest BCUT2D eigenvalue weighted by Crippen LogP contribution is -2.24. The molecule has 0 bridgehead atoms. The summed E-state index contributed by atoms with van der Waals surface area (Å²) in [5, 5.41) is 13.4. The summed E-state index contributed by atoms with van der Waals surface area (Å²) in [6.07, 6.45) is 8.88. The van der Waals surface area contributed by atoms with Gasteiger partial charge in [0.1, 0.15) is 30.5 Å². The lowest BCUT2D eigenvalue weighted by atomic mass is 10.0. The van der Waals surface area contributed by atoms with Gasteiger partial charge in [-0.25, -0.2) is 17.4 Å². The van der Waals surface area contributed by atoms with E-state index in [2.05, 4.69) is 20.3 Å². The number of anilines is 1. The first kappa shape index (κ1) is 33.2. The molecule has 1 aliphatic heterocycles. The lowest BCUT2D eigenvalue weighted by molar-refractivity contribution is -0.106. The third kappa shape index (κ3) is 7.32. The summed E-state index contributed by atoms with van der Waals surface area (Å²) >= 11 is 0. The van der Waals surface area contributed by atoms with Crippen LogP contribution in [0, 0.1) is 0 Å². The van der Waals surface area contributed by atoms with Crippen LogP contribution in [0.1, 0.15) is 30.5 Å². The Morgan fingerprint density at radius 3 is 2.60 bits per heavy atom. The van der Waals surface area contributed by atoms with E-state index in [-0.39, 0.29) is 43.5 Å². The second-order valence-electron chi connectivity index (χ2n) is 11.7. The minimum Gasteiger partial charge on any atom is -0.489 e. The molecule has 1 unspecified atom stereocenters. The van der Waals surface area contributed by atoms with Crippen molar-refractivity contribution in [1.82, 2.24) is 23.9 Å². The third-order valence-electron chi connectivity index (χ3n) is 8.20. The van der Waals surface area contributed by atoms with Crippen LogP contribution in [0.15, 0.2) is 85.5 Å². The van der Waals surface area contributed by atoms with E-state index in [1.807, 2.05) is 30.3 Å². The molecule has 1 aliphatic rings. The summed E-state index contributed by atoms with van der Waals surface area (Å²) in [6.45, 7) is 0.595. The van der Waals surface area contributed by atoms with Gasteiger partial charge in [-0.2, -0.15) is 4.98 Å². The molecule has 7 rings (SSSR count). The van der Waals surface area contributed by atoms with Gasteiger partial charge >= 0.3 is 0 Å². The maximum Gasteiger partial charge on any atom is 0.244 e. The molecule has 1 atom stereocenters. The molecule has 0 spiro atoms. The minimum absolute atomic E-state index is 0.0386. The monoisotopic (exact) mass is 696 g/mol. The number of nitrogens with one attached hydrogen (secondary N) is 1. The SMILES string of the molecule is CNc1nc(COc2cncc(OCCO)c2)c2c(-c3ccc4ncc(OC5CCCCO5)cc4c3)cn(S(=O)(=O)Cc3ccccc3)c2n1. The molecule has 5 heterocycles. The van der Waals surface area contributed by atoms with Gasteiger partial charge in [-0.1, -0.05) is 36.4 Å². The average molecular weight is 697 g/mol. The maximum atomic E-state index is 14.1. The van der Waals surface area contributed by atoms with E-state index in [0.717, 1.165) is 35.7 Å². The van der Waals surface area contributed by atoms with Crippen molar-refractivity contribution in [2.45, 2.75) is 37.9 Å². The summed E-state index contributed by atoms with van der Waals surface area (Å²) in [5.41, 5.74) is 3.38. The summed E-state index contributed by atoms with van der Waals surface area (Å²) < 4.78 is 52.9. The van der Waals surface area contributed by atoms with Crippen molar-refractivity contribution in [3.63, 3.8) is 0 Å². The molecular weight excluding hydrogens is 660 g/mol. The fourth-order valence-electron chi connectivity index (χ4n) is 5.85. The first-order chi connectivity index (χ1) is 24.4. The van der Waals surface area contributed by atoms with Gasteiger partial charge in [-0.3, -0.25) is 9.97 Å². The Kier molecular flexibility index (Phi) is 9.74. The smallest absolute Gasteiger partial charge is 0.244 e. The predicted molar refractivity (Wildman–Crippen MR) is 188 cm³/mol. The highest BCUT2D eigenvalue weighted by Gasteiger charge is 2.26. The van der Waals surface area contributed by atoms with E-state index in [0.29, 0.717) is 46.1 Å². The Balaban J connectivity index is 1.33. The van der Waals surface area contributed by atoms with Crippen LogP contribution in [-0.4, -0.2) is 70.6 Å². The van der Waals surface area contributed by atoms with Crippen LogP contribution in [0.5, 0.6) is 17.2 Å². The fraction of sp³-hybridized carbons (Fsp3) is 0.278. The summed E-state index contributed by atoms with van der Waals surface area (Å²) in [4.78, 5) is 18.2. The van der Waals surface area contributed by atoms with Gasteiger partial charge in [0.2, 0.25) is 16.0 Å². The predicted octanol–water partition coefficient (Wildman–Crippen LogP) is 5.32. The highest BCUT2D eigenvalue weighted by molar-refractivity contribution is 7.89. The second-order valence-corrected chi connectivity index (χ2v) is 13.6. The molecule has 258 valence electrons. The van der Waals surface area contributed by atoms with E-state index in [9.17, 15) is 8.42 Å². The van der Waals surface area contributed by atoms with Crippen molar-refractivity contribution < 1.29 is 32.5 Å². The van der Waals surface area contributed by atoms with Gasteiger partial charge in [0, 0.05) is 36.7 Å². The third-order valence-corrected chi connectivity index (χ3v) is 9.78. The minimum atomic E-state index is -3.95. The molecule has 1 fully saturated rings. The standard InChI is InChI=1S/C36H36N6O7S/c1-37-36-40-32(22-48-28-17-27(18-38-19-28)46-14-12-43)34-30(21-42(35(34)41-36)50(44,45)23-24-7-3-2-4-8-24)25-10-11-31-26(15-25)16-29(20-39-31)49-33-9-5-6-13-47-33/h2-4,7-8,10-11,15-21,33,43H,5-6,9,12-14,22-23H2,1H3,(H,37,40,41). The Morgan fingerprint density at radius 1 is 0.980 bits per heavy atom. The van der Waals surface area contributed by atoms with Crippen molar-refractivity contribution in [2.24, 2.45) is 0 Å². The van der Waals surface area contributed by atoms with E-state index < -0.39 is 10.0 Å². The molecule has 2 aromatic carbocycles. The second kappa shape index (κ2) is 14.7. The number of ether oxygens (including phenoxy) is 4. The van der Waals surface area contributed by atoms with Gasteiger partial charge in [-0.15, -0.1) is 0 Å². The first-order valence-corrected chi connectivity index (χ1v) is 17.9. The van der Waals surface area contributed by atoms with E-state index in [4.69, 9.17) is 29.0 Å². The number of benzene rings is 2. The molecular formula is C36H36N6O7S. The van der Waals surface area contributed by atoms with Crippen molar-refractivity contribution in [3.8, 4) is 28.4 Å². The van der Waals surface area contributed by atoms with Crippen LogP contribution in [0.2, 0.25) is 0 Å². The molecule has 4 aromatic heterocycles. The summed E-state index contributed by atoms with van der Waals surface area (Å²) in [6, 6.07) is 18.3. The Morgan fingerprint density at radius 2 is 1.82 bits per heavy atom. The van der Waals surface area contributed by atoms with Crippen molar-refractivity contribution in [2.75, 3.05) is 32.2 Å². The number of aliphatic hydroxyl groups is 1. The summed E-state index contributed by atoms with van der Waals surface area (Å²) in [7, 11) is -2.29. The van der Waals surface area contributed by atoms with Gasteiger partial charge < -0.3 is 29.4 Å². The average Bonchev–Trinajstić information content (AvgIpc) is 3.54.